The number of fused-ring (bicyclic) bond motifs is 1. The van der Waals surface area contributed by atoms with Crippen LogP contribution in [0.3, 0.4) is 0 Å². The van der Waals surface area contributed by atoms with Gasteiger partial charge < -0.3 is 0 Å². The van der Waals surface area contributed by atoms with Crippen molar-refractivity contribution in [3.63, 3.8) is 0 Å². The molecule has 2 amide bonds. The summed E-state index contributed by atoms with van der Waals surface area (Å²) in [4.78, 5) is 23.9. The highest BCUT2D eigenvalue weighted by Crippen LogP contribution is 2.43. The molecule has 4 nitrogen and oxygen atoms in total. The van der Waals surface area contributed by atoms with E-state index in [1.54, 1.807) is 0 Å². The van der Waals surface area contributed by atoms with Crippen molar-refractivity contribution in [2.45, 2.75) is 46.5 Å². The van der Waals surface area contributed by atoms with Gasteiger partial charge in [-0.3, -0.25) is 20.4 Å². The molecule has 2 atom stereocenters. The number of carbonyl (C=O) groups is 2. The Kier molecular flexibility index (Phi) is 3.78. The van der Waals surface area contributed by atoms with E-state index in [1.807, 2.05) is 6.92 Å². The van der Waals surface area contributed by atoms with E-state index in [4.69, 9.17) is 0 Å². The van der Waals surface area contributed by atoms with Crippen molar-refractivity contribution in [3.05, 3.63) is 23.3 Å². The minimum Gasteiger partial charge on any atom is -0.273 e. The van der Waals surface area contributed by atoms with Gasteiger partial charge in [0.05, 0.1) is 11.3 Å². The van der Waals surface area contributed by atoms with Gasteiger partial charge in [0.25, 0.3) is 0 Å². The van der Waals surface area contributed by atoms with Gasteiger partial charge in [-0.1, -0.05) is 23.3 Å². The van der Waals surface area contributed by atoms with E-state index in [-0.39, 0.29) is 17.7 Å². The predicted octanol–water partition coefficient (Wildman–Crippen LogP) is 2.24. The van der Waals surface area contributed by atoms with Crippen LogP contribution in [0.2, 0.25) is 0 Å². The first-order chi connectivity index (χ1) is 8.93. The highest BCUT2D eigenvalue weighted by molar-refractivity contribution is 5.95. The SMILES string of the molecule is CC(C)=CCCC1=CC[C@]2(C)C(=O)NNC(=O)[C@H]2C1. The van der Waals surface area contributed by atoms with Gasteiger partial charge in [0.2, 0.25) is 11.8 Å². The quantitative estimate of drug-likeness (QED) is 0.766. The number of hydrogen-bond donors (Lipinski definition) is 2. The standard InChI is InChI=1S/C15H22N2O2/c1-10(2)5-4-6-11-7-8-15(3)12(9-11)13(18)16-17-14(15)19/h5,7,12H,4,6,8-9H2,1-3H3,(H,16,18)(H,17,19)/t12-,15+/m1/s1. The van der Waals surface area contributed by atoms with Crippen LogP contribution in [-0.2, 0) is 9.59 Å². The molecule has 1 aliphatic carbocycles. The zero-order chi connectivity index (χ0) is 14.0. The fourth-order valence-corrected chi connectivity index (χ4v) is 2.80. The second-order valence-electron chi connectivity index (χ2n) is 6.00. The number of amides is 2. The maximum atomic E-state index is 11.9. The van der Waals surface area contributed by atoms with Crippen molar-refractivity contribution in [2.75, 3.05) is 0 Å². The van der Waals surface area contributed by atoms with Crippen LogP contribution in [-0.4, -0.2) is 11.8 Å². The zero-order valence-electron chi connectivity index (χ0n) is 11.9. The van der Waals surface area contributed by atoms with Crippen molar-refractivity contribution in [1.29, 1.82) is 0 Å². The molecule has 0 aromatic heterocycles. The fourth-order valence-electron chi connectivity index (χ4n) is 2.80. The van der Waals surface area contributed by atoms with E-state index in [1.165, 1.54) is 11.1 Å². The van der Waals surface area contributed by atoms with Crippen LogP contribution in [0.25, 0.3) is 0 Å². The molecule has 2 aliphatic rings. The molecular weight excluding hydrogens is 240 g/mol. The number of carbonyl (C=O) groups excluding carboxylic acids is 2. The van der Waals surface area contributed by atoms with Crippen molar-refractivity contribution in [3.8, 4) is 0 Å². The van der Waals surface area contributed by atoms with Crippen LogP contribution in [0.5, 0.6) is 0 Å². The summed E-state index contributed by atoms with van der Waals surface area (Å²) in [7, 11) is 0. The number of hydrogen-bond acceptors (Lipinski definition) is 2. The maximum absolute atomic E-state index is 11.9. The van der Waals surface area contributed by atoms with Gasteiger partial charge in [-0.2, -0.15) is 0 Å². The first kappa shape index (κ1) is 13.8. The summed E-state index contributed by atoms with van der Waals surface area (Å²) in [5.74, 6) is -0.362. The molecule has 0 aromatic carbocycles. The van der Waals surface area contributed by atoms with Crippen LogP contribution in [0.15, 0.2) is 23.3 Å². The third-order valence-corrected chi connectivity index (χ3v) is 4.20. The van der Waals surface area contributed by atoms with Gasteiger partial charge in [0.15, 0.2) is 0 Å². The second kappa shape index (κ2) is 5.19. The first-order valence-electron chi connectivity index (χ1n) is 6.85. The maximum Gasteiger partial charge on any atom is 0.245 e. The molecule has 1 aliphatic heterocycles. The topological polar surface area (TPSA) is 58.2 Å². The Hall–Kier alpha value is -1.58. The lowest BCUT2D eigenvalue weighted by Gasteiger charge is -2.41. The monoisotopic (exact) mass is 262 g/mol. The van der Waals surface area contributed by atoms with Crippen LogP contribution < -0.4 is 10.9 Å². The fraction of sp³-hybridized carbons (Fsp3) is 0.600. The normalized spacial score (nSPS) is 29.8. The Balaban J connectivity index is 2.08. The third kappa shape index (κ3) is 2.72. The molecule has 1 saturated heterocycles. The smallest absolute Gasteiger partial charge is 0.245 e. The molecule has 0 spiro atoms. The van der Waals surface area contributed by atoms with Gasteiger partial charge in [0.1, 0.15) is 0 Å². The molecule has 19 heavy (non-hydrogen) atoms. The lowest BCUT2D eigenvalue weighted by atomic mass is 9.66. The number of nitrogens with one attached hydrogen (secondary N) is 2. The number of hydrazine groups is 1. The lowest BCUT2D eigenvalue weighted by Crippen LogP contribution is -2.61. The van der Waals surface area contributed by atoms with Gasteiger partial charge >= 0.3 is 0 Å². The van der Waals surface area contributed by atoms with Gasteiger partial charge in [-0.15, -0.1) is 0 Å². The molecular formula is C15H22N2O2. The highest BCUT2D eigenvalue weighted by atomic mass is 16.2. The summed E-state index contributed by atoms with van der Waals surface area (Å²) in [5.41, 5.74) is 6.97. The minimum absolute atomic E-state index is 0.0603. The van der Waals surface area contributed by atoms with Crippen LogP contribution in [0, 0.1) is 11.3 Å². The number of rotatable bonds is 3. The zero-order valence-corrected chi connectivity index (χ0v) is 11.9. The van der Waals surface area contributed by atoms with E-state index in [0.717, 1.165) is 12.8 Å². The summed E-state index contributed by atoms with van der Waals surface area (Å²) in [6, 6.07) is 0. The Bertz CT molecular complexity index is 461. The van der Waals surface area contributed by atoms with Crippen LogP contribution in [0.1, 0.15) is 46.5 Å². The Morgan fingerprint density at radius 1 is 1.42 bits per heavy atom. The number of allylic oxidation sites excluding steroid dienone is 4. The second-order valence-corrected chi connectivity index (χ2v) is 6.00. The molecule has 2 rings (SSSR count). The van der Waals surface area contributed by atoms with E-state index < -0.39 is 5.41 Å². The van der Waals surface area contributed by atoms with Crippen molar-refractivity contribution >= 4 is 11.8 Å². The molecule has 0 saturated carbocycles. The Morgan fingerprint density at radius 3 is 2.84 bits per heavy atom. The molecule has 0 bridgehead atoms. The van der Waals surface area contributed by atoms with Crippen molar-refractivity contribution in [1.82, 2.24) is 10.9 Å². The van der Waals surface area contributed by atoms with E-state index in [2.05, 4.69) is 36.9 Å². The summed E-state index contributed by atoms with van der Waals surface area (Å²) >= 11 is 0. The first-order valence-corrected chi connectivity index (χ1v) is 6.85. The summed E-state index contributed by atoms with van der Waals surface area (Å²) in [6.45, 7) is 6.06. The largest absolute Gasteiger partial charge is 0.273 e. The molecule has 0 aromatic rings. The third-order valence-electron chi connectivity index (χ3n) is 4.20. The van der Waals surface area contributed by atoms with Crippen molar-refractivity contribution in [2.24, 2.45) is 11.3 Å². The van der Waals surface area contributed by atoms with Crippen LogP contribution in [0.4, 0.5) is 0 Å². The van der Waals surface area contributed by atoms with E-state index in [9.17, 15) is 9.59 Å². The predicted molar refractivity (Wildman–Crippen MR) is 73.9 cm³/mol. The van der Waals surface area contributed by atoms with E-state index in [0.29, 0.717) is 12.8 Å². The molecule has 4 heteroatoms. The lowest BCUT2D eigenvalue weighted by molar-refractivity contribution is -0.150. The van der Waals surface area contributed by atoms with Crippen molar-refractivity contribution < 1.29 is 9.59 Å². The van der Waals surface area contributed by atoms with E-state index >= 15 is 0 Å². The average Bonchev–Trinajstić information content (AvgIpc) is 2.35. The van der Waals surface area contributed by atoms with Gasteiger partial charge in [0, 0.05) is 0 Å². The molecule has 2 N–H and O–H groups in total. The average molecular weight is 262 g/mol. The Labute approximate surface area is 114 Å². The molecule has 104 valence electrons. The minimum atomic E-state index is -0.581. The molecule has 1 heterocycles. The summed E-state index contributed by atoms with van der Waals surface area (Å²) < 4.78 is 0. The van der Waals surface area contributed by atoms with Crippen LogP contribution >= 0.6 is 0 Å². The summed E-state index contributed by atoms with van der Waals surface area (Å²) in [6.07, 6.45) is 7.70. The van der Waals surface area contributed by atoms with Gasteiger partial charge in [-0.25, -0.2) is 0 Å². The van der Waals surface area contributed by atoms with Gasteiger partial charge in [-0.05, 0) is 46.5 Å². The highest BCUT2D eigenvalue weighted by Gasteiger charge is 2.49. The summed E-state index contributed by atoms with van der Waals surface area (Å²) in [5, 5.41) is 0. The Morgan fingerprint density at radius 2 is 2.16 bits per heavy atom. The molecule has 1 fully saturated rings. The molecule has 0 radical (unpaired) electrons. The molecule has 0 unspecified atom stereocenters.